The lowest BCUT2D eigenvalue weighted by molar-refractivity contribution is -0.117. The quantitative estimate of drug-likeness (QED) is 0.717. The van der Waals surface area contributed by atoms with Crippen LogP contribution in [-0.4, -0.2) is 30.3 Å². The zero-order valence-corrected chi connectivity index (χ0v) is 14.2. The van der Waals surface area contributed by atoms with Gasteiger partial charge in [0.1, 0.15) is 12.3 Å². The van der Waals surface area contributed by atoms with Crippen LogP contribution < -0.4 is 16.0 Å². The molecule has 0 radical (unpaired) electrons. The van der Waals surface area contributed by atoms with Gasteiger partial charge in [-0.25, -0.2) is 0 Å². The van der Waals surface area contributed by atoms with Crippen molar-refractivity contribution in [1.82, 2.24) is 10.6 Å². The van der Waals surface area contributed by atoms with E-state index in [1.807, 2.05) is 6.92 Å². The highest BCUT2D eigenvalue weighted by atomic mass is 16.3. The number of nitrogens with one attached hydrogen (secondary N) is 3. The summed E-state index contributed by atoms with van der Waals surface area (Å²) >= 11 is 0. The summed E-state index contributed by atoms with van der Waals surface area (Å²) in [4.78, 5) is 36.4. The molecule has 0 aliphatic heterocycles. The number of hydrogen-bond acceptors (Lipinski definition) is 4. The van der Waals surface area contributed by atoms with Crippen molar-refractivity contribution >= 4 is 23.4 Å². The molecule has 3 amide bonds. The molecule has 7 nitrogen and oxygen atoms in total. The van der Waals surface area contributed by atoms with Gasteiger partial charge in [-0.05, 0) is 31.5 Å². The van der Waals surface area contributed by atoms with Gasteiger partial charge in [0.05, 0.1) is 23.1 Å². The summed E-state index contributed by atoms with van der Waals surface area (Å²) in [7, 11) is 0. The first-order valence-corrected chi connectivity index (χ1v) is 8.04. The van der Waals surface area contributed by atoms with Gasteiger partial charge in [0, 0.05) is 6.54 Å². The van der Waals surface area contributed by atoms with Crippen LogP contribution in [0.1, 0.15) is 41.0 Å². The van der Waals surface area contributed by atoms with Crippen LogP contribution in [0.5, 0.6) is 0 Å². The molecule has 1 heterocycles. The fraction of sp³-hybridized carbons (Fsp3) is 0.278. The van der Waals surface area contributed by atoms with Crippen molar-refractivity contribution < 1.29 is 18.8 Å². The highest BCUT2D eigenvalue weighted by Gasteiger charge is 2.19. The van der Waals surface area contributed by atoms with Gasteiger partial charge in [0.15, 0.2) is 0 Å². The number of rotatable bonds is 7. The van der Waals surface area contributed by atoms with Gasteiger partial charge in [-0.1, -0.05) is 19.1 Å². The van der Waals surface area contributed by atoms with E-state index >= 15 is 0 Å². The van der Waals surface area contributed by atoms with E-state index < -0.39 is 17.9 Å². The van der Waals surface area contributed by atoms with Gasteiger partial charge in [-0.2, -0.15) is 0 Å². The number of carbonyl (C=O) groups excluding carboxylic acids is 3. The van der Waals surface area contributed by atoms with E-state index in [0.717, 1.165) is 6.42 Å². The summed E-state index contributed by atoms with van der Waals surface area (Å²) in [6.07, 6.45) is 3.50. The molecule has 25 heavy (non-hydrogen) atoms. The molecule has 0 aliphatic rings. The maximum Gasteiger partial charge on any atom is 0.255 e. The maximum atomic E-state index is 12.3. The Balaban J connectivity index is 2.02. The third-order valence-electron chi connectivity index (χ3n) is 3.49. The van der Waals surface area contributed by atoms with E-state index in [0.29, 0.717) is 23.4 Å². The monoisotopic (exact) mass is 343 g/mol. The minimum atomic E-state index is -0.783. The molecule has 3 N–H and O–H groups in total. The second-order valence-corrected chi connectivity index (χ2v) is 5.50. The van der Waals surface area contributed by atoms with Gasteiger partial charge >= 0.3 is 0 Å². The summed E-state index contributed by atoms with van der Waals surface area (Å²) in [6, 6.07) is 7.45. The average molecular weight is 343 g/mol. The Bertz CT molecular complexity index is 741. The molecule has 0 saturated carbocycles. The topological polar surface area (TPSA) is 100 Å². The van der Waals surface area contributed by atoms with Gasteiger partial charge in [0.25, 0.3) is 11.8 Å². The summed E-state index contributed by atoms with van der Waals surface area (Å²) in [5.74, 6) is -1.09. The zero-order valence-electron chi connectivity index (χ0n) is 14.2. The molecule has 132 valence electrons. The highest BCUT2D eigenvalue weighted by molar-refractivity contribution is 6.06. The molecular weight excluding hydrogens is 322 g/mol. The third kappa shape index (κ3) is 4.94. The number of para-hydroxylation sites is 1. The number of anilines is 1. The van der Waals surface area contributed by atoms with Gasteiger partial charge < -0.3 is 20.4 Å². The Morgan fingerprint density at radius 2 is 1.88 bits per heavy atom. The first-order valence-electron chi connectivity index (χ1n) is 8.04. The molecule has 0 spiro atoms. The van der Waals surface area contributed by atoms with E-state index in [9.17, 15) is 14.4 Å². The molecular formula is C18H21N3O4. The summed E-state index contributed by atoms with van der Waals surface area (Å²) in [5.41, 5.74) is 1.10. The summed E-state index contributed by atoms with van der Waals surface area (Å²) in [5, 5.41) is 8.03. The third-order valence-corrected chi connectivity index (χ3v) is 3.49. The van der Waals surface area contributed by atoms with E-state index in [4.69, 9.17) is 4.42 Å². The molecule has 0 fully saturated rings. The molecule has 0 bridgehead atoms. The molecule has 1 aromatic carbocycles. The average Bonchev–Trinajstić information content (AvgIpc) is 3.14. The summed E-state index contributed by atoms with van der Waals surface area (Å²) < 4.78 is 4.84. The van der Waals surface area contributed by atoms with Crippen LogP contribution >= 0.6 is 0 Å². The number of benzene rings is 1. The first-order chi connectivity index (χ1) is 12.0. The van der Waals surface area contributed by atoms with Crippen LogP contribution in [0.4, 0.5) is 5.69 Å². The Morgan fingerprint density at radius 3 is 2.56 bits per heavy atom. The zero-order chi connectivity index (χ0) is 18.2. The highest BCUT2D eigenvalue weighted by Crippen LogP contribution is 2.15. The molecule has 0 unspecified atom stereocenters. The predicted molar refractivity (Wildman–Crippen MR) is 93.3 cm³/mol. The number of hydrogen-bond donors (Lipinski definition) is 3. The van der Waals surface area contributed by atoms with Crippen LogP contribution in [0, 0.1) is 0 Å². The first kappa shape index (κ1) is 18.3. The van der Waals surface area contributed by atoms with E-state index in [2.05, 4.69) is 16.0 Å². The SMILES string of the molecule is CCCNC(=O)c1ccccc1NC(=O)[C@@H](C)NC(=O)c1ccoc1. The Morgan fingerprint density at radius 1 is 1.12 bits per heavy atom. The Kier molecular flexibility index (Phi) is 6.33. The maximum absolute atomic E-state index is 12.3. The lowest BCUT2D eigenvalue weighted by Crippen LogP contribution is -2.41. The normalized spacial score (nSPS) is 11.4. The molecule has 1 aromatic heterocycles. The largest absolute Gasteiger partial charge is 0.472 e. The molecule has 2 rings (SSSR count). The van der Waals surface area contributed by atoms with Gasteiger partial charge in [-0.3, -0.25) is 14.4 Å². The van der Waals surface area contributed by atoms with E-state index in [-0.39, 0.29) is 5.91 Å². The van der Waals surface area contributed by atoms with Crippen molar-refractivity contribution in [3.05, 3.63) is 54.0 Å². The van der Waals surface area contributed by atoms with Crippen molar-refractivity contribution in [2.45, 2.75) is 26.3 Å². The number of amides is 3. The van der Waals surface area contributed by atoms with Crippen molar-refractivity contribution in [1.29, 1.82) is 0 Å². The smallest absolute Gasteiger partial charge is 0.255 e. The van der Waals surface area contributed by atoms with Crippen molar-refractivity contribution in [3.8, 4) is 0 Å². The predicted octanol–water partition coefficient (Wildman–Crippen LogP) is 2.18. The van der Waals surface area contributed by atoms with Crippen molar-refractivity contribution in [2.75, 3.05) is 11.9 Å². The van der Waals surface area contributed by atoms with Crippen LogP contribution in [0.25, 0.3) is 0 Å². The van der Waals surface area contributed by atoms with Crippen LogP contribution in [0.3, 0.4) is 0 Å². The van der Waals surface area contributed by atoms with Crippen LogP contribution in [-0.2, 0) is 4.79 Å². The fourth-order valence-corrected chi connectivity index (χ4v) is 2.10. The minimum Gasteiger partial charge on any atom is -0.472 e. The van der Waals surface area contributed by atoms with E-state index in [1.54, 1.807) is 31.2 Å². The van der Waals surface area contributed by atoms with Crippen molar-refractivity contribution in [2.24, 2.45) is 0 Å². The minimum absolute atomic E-state index is 0.257. The molecule has 1 atom stereocenters. The van der Waals surface area contributed by atoms with E-state index in [1.165, 1.54) is 18.6 Å². The second kappa shape index (κ2) is 8.68. The molecule has 0 aliphatic carbocycles. The Hall–Kier alpha value is -3.09. The summed E-state index contributed by atoms with van der Waals surface area (Å²) in [6.45, 7) is 4.07. The molecule has 0 saturated heterocycles. The van der Waals surface area contributed by atoms with Crippen molar-refractivity contribution in [3.63, 3.8) is 0 Å². The van der Waals surface area contributed by atoms with Gasteiger partial charge in [-0.15, -0.1) is 0 Å². The fourth-order valence-electron chi connectivity index (χ4n) is 2.10. The molecule has 2 aromatic rings. The standard InChI is InChI=1S/C18H21N3O4/c1-3-9-19-18(24)14-6-4-5-7-15(14)21-16(22)12(2)20-17(23)13-8-10-25-11-13/h4-8,10-12H,3,9H2,1-2H3,(H,19,24)(H,20,23)(H,21,22)/t12-/m1/s1. The second-order valence-electron chi connectivity index (χ2n) is 5.50. The lowest BCUT2D eigenvalue weighted by Gasteiger charge is -2.15. The number of furan rings is 1. The number of carbonyl (C=O) groups is 3. The lowest BCUT2D eigenvalue weighted by atomic mass is 10.1. The Labute approximate surface area is 145 Å². The molecule has 7 heteroatoms. The van der Waals surface area contributed by atoms with Crippen LogP contribution in [0.2, 0.25) is 0 Å². The van der Waals surface area contributed by atoms with Crippen LogP contribution in [0.15, 0.2) is 47.3 Å². The van der Waals surface area contributed by atoms with Gasteiger partial charge in [0.2, 0.25) is 5.91 Å².